The Morgan fingerprint density at radius 1 is 1.36 bits per heavy atom. The molecule has 2 rings (SSSR count). The van der Waals surface area contributed by atoms with Gasteiger partial charge < -0.3 is 15.6 Å². The molecule has 1 amide bonds. The van der Waals surface area contributed by atoms with Crippen molar-refractivity contribution < 1.29 is 4.79 Å². The van der Waals surface area contributed by atoms with E-state index in [0.29, 0.717) is 13.0 Å². The maximum Gasteiger partial charge on any atom is 0.239 e. The van der Waals surface area contributed by atoms with Gasteiger partial charge in [0.25, 0.3) is 0 Å². The Labute approximate surface area is 137 Å². The number of hydrogen-bond donors (Lipinski definition) is 2. The smallest absolute Gasteiger partial charge is 0.239 e. The van der Waals surface area contributed by atoms with Gasteiger partial charge in [0.05, 0.1) is 24.5 Å². The first-order chi connectivity index (χ1) is 10.1. The Bertz CT molecular complexity index is 585. The summed E-state index contributed by atoms with van der Waals surface area (Å²) in [5, 5.41) is 0. The highest BCUT2D eigenvalue weighted by Gasteiger charge is 2.18. The van der Waals surface area contributed by atoms with Crippen LogP contribution in [0.25, 0.3) is 11.3 Å². The SMILES string of the molecule is CCCC(N)C(=O)N(C)Cc1ncc(-c2ccccc2)[nH]1.Cl. The molecule has 0 radical (unpaired) electrons. The minimum Gasteiger partial charge on any atom is -0.341 e. The molecule has 0 aliphatic carbocycles. The summed E-state index contributed by atoms with van der Waals surface area (Å²) in [6.07, 6.45) is 3.39. The summed E-state index contributed by atoms with van der Waals surface area (Å²) >= 11 is 0. The van der Waals surface area contributed by atoms with Gasteiger partial charge in [-0.05, 0) is 12.0 Å². The van der Waals surface area contributed by atoms with Crippen LogP contribution in [0.15, 0.2) is 36.5 Å². The van der Waals surface area contributed by atoms with E-state index >= 15 is 0 Å². The molecule has 1 unspecified atom stereocenters. The molecule has 5 nitrogen and oxygen atoms in total. The van der Waals surface area contributed by atoms with E-state index in [-0.39, 0.29) is 18.3 Å². The van der Waals surface area contributed by atoms with Gasteiger partial charge in [-0.15, -0.1) is 12.4 Å². The van der Waals surface area contributed by atoms with Crippen molar-refractivity contribution in [2.45, 2.75) is 32.4 Å². The van der Waals surface area contributed by atoms with Gasteiger partial charge >= 0.3 is 0 Å². The normalized spacial score (nSPS) is 11.6. The van der Waals surface area contributed by atoms with Crippen LogP contribution in [0, 0.1) is 0 Å². The topological polar surface area (TPSA) is 75.0 Å². The summed E-state index contributed by atoms with van der Waals surface area (Å²) in [5.74, 6) is 0.711. The fourth-order valence-corrected chi connectivity index (χ4v) is 2.23. The molecule has 0 saturated carbocycles. The molecule has 1 heterocycles. The van der Waals surface area contributed by atoms with Crippen LogP contribution in [0.1, 0.15) is 25.6 Å². The molecule has 3 N–H and O–H groups in total. The van der Waals surface area contributed by atoms with Crippen molar-refractivity contribution >= 4 is 18.3 Å². The van der Waals surface area contributed by atoms with Gasteiger partial charge in [0.15, 0.2) is 0 Å². The Balaban J connectivity index is 0.00000242. The lowest BCUT2D eigenvalue weighted by Crippen LogP contribution is -2.41. The largest absolute Gasteiger partial charge is 0.341 e. The van der Waals surface area contributed by atoms with Crippen LogP contribution >= 0.6 is 12.4 Å². The zero-order valence-electron chi connectivity index (χ0n) is 13.0. The fourth-order valence-electron chi connectivity index (χ4n) is 2.23. The lowest BCUT2D eigenvalue weighted by atomic mass is 10.1. The van der Waals surface area contributed by atoms with E-state index in [1.807, 2.05) is 37.3 Å². The molecule has 0 saturated heterocycles. The number of nitrogens with two attached hydrogens (primary N) is 1. The molecule has 6 heteroatoms. The van der Waals surface area contributed by atoms with Crippen molar-refractivity contribution in [1.82, 2.24) is 14.9 Å². The Morgan fingerprint density at radius 3 is 2.68 bits per heavy atom. The van der Waals surface area contributed by atoms with Crippen molar-refractivity contribution in [3.63, 3.8) is 0 Å². The zero-order chi connectivity index (χ0) is 15.2. The minimum atomic E-state index is -0.427. The van der Waals surface area contributed by atoms with E-state index < -0.39 is 6.04 Å². The highest BCUT2D eigenvalue weighted by atomic mass is 35.5. The molecular formula is C16H23ClN4O. The fraction of sp³-hybridized carbons (Fsp3) is 0.375. The Kier molecular flexibility index (Phi) is 7.08. The number of amides is 1. The standard InChI is InChI=1S/C16H22N4O.ClH/c1-3-7-13(17)16(21)20(2)11-15-18-10-14(19-15)12-8-5-4-6-9-12;/h4-6,8-10,13H,3,7,11,17H2,1-2H3,(H,18,19);1H. The van der Waals surface area contributed by atoms with Crippen molar-refractivity contribution in [3.8, 4) is 11.3 Å². The van der Waals surface area contributed by atoms with Gasteiger partial charge in [0.2, 0.25) is 5.91 Å². The van der Waals surface area contributed by atoms with E-state index in [1.54, 1.807) is 18.1 Å². The van der Waals surface area contributed by atoms with E-state index in [4.69, 9.17) is 5.73 Å². The first-order valence-electron chi connectivity index (χ1n) is 7.21. The number of benzene rings is 1. The molecule has 1 aromatic carbocycles. The van der Waals surface area contributed by atoms with Gasteiger partial charge in [0.1, 0.15) is 5.82 Å². The number of hydrogen-bond acceptors (Lipinski definition) is 3. The van der Waals surface area contributed by atoms with Gasteiger partial charge in [-0.3, -0.25) is 4.79 Å². The summed E-state index contributed by atoms with van der Waals surface area (Å²) in [5.41, 5.74) is 7.88. The van der Waals surface area contributed by atoms with Crippen LogP contribution in [0.3, 0.4) is 0 Å². The summed E-state index contributed by atoms with van der Waals surface area (Å²) in [4.78, 5) is 21.3. The number of H-pyrrole nitrogens is 1. The first-order valence-corrected chi connectivity index (χ1v) is 7.21. The number of nitrogens with one attached hydrogen (secondary N) is 1. The number of rotatable bonds is 6. The molecule has 1 aromatic heterocycles. The summed E-state index contributed by atoms with van der Waals surface area (Å²) < 4.78 is 0. The molecule has 22 heavy (non-hydrogen) atoms. The van der Waals surface area contributed by atoms with Crippen molar-refractivity contribution in [3.05, 3.63) is 42.4 Å². The molecule has 2 aromatic rings. The molecule has 1 atom stereocenters. The van der Waals surface area contributed by atoms with Crippen LogP contribution in [0.2, 0.25) is 0 Å². The highest BCUT2D eigenvalue weighted by molar-refractivity contribution is 5.85. The predicted octanol–water partition coefficient (Wildman–Crippen LogP) is 2.58. The number of carbonyl (C=O) groups is 1. The summed E-state index contributed by atoms with van der Waals surface area (Å²) in [7, 11) is 1.75. The third-order valence-corrected chi connectivity index (χ3v) is 3.39. The maximum absolute atomic E-state index is 12.1. The zero-order valence-corrected chi connectivity index (χ0v) is 13.8. The second-order valence-corrected chi connectivity index (χ2v) is 5.20. The van der Waals surface area contributed by atoms with Gasteiger partial charge in [-0.1, -0.05) is 43.7 Å². The van der Waals surface area contributed by atoms with Crippen LogP contribution in [0.4, 0.5) is 0 Å². The summed E-state index contributed by atoms with van der Waals surface area (Å²) in [6, 6.07) is 9.54. The minimum absolute atomic E-state index is 0. The number of nitrogens with zero attached hydrogens (tertiary/aromatic N) is 2. The summed E-state index contributed by atoms with van der Waals surface area (Å²) in [6.45, 7) is 2.45. The van der Waals surface area contributed by atoms with Gasteiger partial charge in [-0.2, -0.15) is 0 Å². The number of carbonyl (C=O) groups excluding carboxylic acids is 1. The number of aromatic nitrogens is 2. The van der Waals surface area contributed by atoms with E-state index in [1.165, 1.54) is 0 Å². The Hall–Kier alpha value is -1.85. The molecule has 120 valence electrons. The quantitative estimate of drug-likeness (QED) is 0.858. The van der Waals surface area contributed by atoms with E-state index in [2.05, 4.69) is 9.97 Å². The van der Waals surface area contributed by atoms with Gasteiger partial charge in [0, 0.05) is 7.05 Å². The number of halogens is 1. The van der Waals surface area contributed by atoms with Crippen LogP contribution < -0.4 is 5.73 Å². The Morgan fingerprint density at radius 2 is 2.05 bits per heavy atom. The molecule has 0 aliphatic heterocycles. The second kappa shape index (κ2) is 8.56. The average Bonchev–Trinajstić information content (AvgIpc) is 2.96. The third-order valence-electron chi connectivity index (χ3n) is 3.39. The highest BCUT2D eigenvalue weighted by Crippen LogP contribution is 2.16. The number of aromatic amines is 1. The van der Waals surface area contributed by atoms with Crippen molar-refractivity contribution in [2.75, 3.05) is 7.05 Å². The first kappa shape index (κ1) is 18.2. The third kappa shape index (κ3) is 4.58. The van der Waals surface area contributed by atoms with Crippen molar-refractivity contribution in [1.29, 1.82) is 0 Å². The number of likely N-dealkylation sites (N-methyl/N-ethyl adjacent to an activating group) is 1. The van der Waals surface area contributed by atoms with Crippen LogP contribution in [-0.2, 0) is 11.3 Å². The average molecular weight is 323 g/mol. The lowest BCUT2D eigenvalue weighted by molar-refractivity contribution is -0.132. The lowest BCUT2D eigenvalue weighted by Gasteiger charge is -2.19. The molecular weight excluding hydrogens is 300 g/mol. The van der Waals surface area contributed by atoms with Crippen LogP contribution in [-0.4, -0.2) is 33.9 Å². The monoisotopic (exact) mass is 322 g/mol. The molecule has 0 fully saturated rings. The maximum atomic E-state index is 12.1. The van der Waals surface area contributed by atoms with E-state index in [9.17, 15) is 4.79 Å². The number of imidazole rings is 1. The second-order valence-electron chi connectivity index (χ2n) is 5.20. The molecule has 0 bridgehead atoms. The van der Waals surface area contributed by atoms with Gasteiger partial charge in [-0.25, -0.2) is 4.98 Å². The van der Waals surface area contributed by atoms with E-state index in [0.717, 1.165) is 23.5 Å². The van der Waals surface area contributed by atoms with Crippen molar-refractivity contribution in [2.24, 2.45) is 5.73 Å². The molecule has 0 spiro atoms. The molecule has 0 aliphatic rings. The van der Waals surface area contributed by atoms with Crippen LogP contribution in [0.5, 0.6) is 0 Å². The predicted molar refractivity (Wildman–Crippen MR) is 90.6 cm³/mol.